The molecule has 106 valence electrons. The Labute approximate surface area is 130 Å². The highest BCUT2D eigenvalue weighted by Crippen LogP contribution is 2.29. The van der Waals surface area contributed by atoms with Crippen molar-refractivity contribution in [2.45, 2.75) is 13.3 Å². The van der Waals surface area contributed by atoms with Crippen LogP contribution in [0.1, 0.15) is 17.0 Å². The first-order chi connectivity index (χ1) is 10.1. The number of hydrogen-bond donors (Lipinski definition) is 1. The van der Waals surface area contributed by atoms with Gasteiger partial charge in [-0.05, 0) is 30.7 Å². The minimum absolute atomic E-state index is 0.136. The van der Waals surface area contributed by atoms with Gasteiger partial charge in [-0.25, -0.2) is 0 Å². The van der Waals surface area contributed by atoms with Gasteiger partial charge in [0.05, 0.1) is 5.56 Å². The van der Waals surface area contributed by atoms with Gasteiger partial charge in [-0.3, -0.25) is 0 Å². The summed E-state index contributed by atoms with van der Waals surface area (Å²) in [6.07, 6.45) is 0.567. The molecule has 0 aliphatic carbocycles. The number of hydrogen-bond acceptors (Lipinski definition) is 4. The number of aromatic hydroxyl groups is 1. The minimum atomic E-state index is 0.136. The minimum Gasteiger partial charge on any atom is -0.507 e. The number of benzene rings is 2. The molecule has 1 aromatic heterocycles. The van der Waals surface area contributed by atoms with E-state index in [0.717, 1.165) is 15.6 Å². The van der Waals surface area contributed by atoms with Gasteiger partial charge in [0.2, 0.25) is 0 Å². The van der Waals surface area contributed by atoms with Crippen molar-refractivity contribution in [3.05, 3.63) is 63.9 Å². The van der Waals surface area contributed by atoms with Gasteiger partial charge in [-0.1, -0.05) is 50.9 Å². The summed E-state index contributed by atoms with van der Waals surface area (Å²) in [6, 6.07) is 13.2. The fraction of sp³-hybridized carbons (Fsp3) is 0.125. The van der Waals surface area contributed by atoms with Crippen molar-refractivity contribution in [3.8, 4) is 17.2 Å². The third-order valence-corrected chi connectivity index (χ3v) is 3.93. The fourth-order valence-corrected chi connectivity index (χ4v) is 2.49. The van der Waals surface area contributed by atoms with Crippen LogP contribution in [0.25, 0.3) is 11.5 Å². The molecule has 5 heteroatoms. The number of aromatic nitrogens is 2. The van der Waals surface area contributed by atoms with E-state index in [2.05, 4.69) is 26.1 Å². The first kappa shape index (κ1) is 13.8. The Hall–Kier alpha value is -2.14. The maximum atomic E-state index is 9.90. The zero-order valence-electron chi connectivity index (χ0n) is 11.4. The van der Waals surface area contributed by atoms with Crippen molar-refractivity contribution >= 4 is 15.9 Å². The smallest absolute Gasteiger partial charge is 0.261 e. The second-order valence-electron chi connectivity index (χ2n) is 4.80. The summed E-state index contributed by atoms with van der Waals surface area (Å²) in [5, 5.41) is 13.9. The Balaban J connectivity index is 1.90. The molecule has 0 aliphatic heterocycles. The maximum absolute atomic E-state index is 9.90. The number of phenolic OH excluding ortho intramolecular Hbond substituents is 1. The summed E-state index contributed by atoms with van der Waals surface area (Å²) in [7, 11) is 0. The summed E-state index contributed by atoms with van der Waals surface area (Å²) in [6.45, 7) is 1.95. The molecule has 0 saturated heterocycles. The van der Waals surface area contributed by atoms with E-state index in [1.165, 1.54) is 0 Å². The molecule has 0 bridgehead atoms. The van der Waals surface area contributed by atoms with Crippen LogP contribution in [0.4, 0.5) is 0 Å². The Kier molecular flexibility index (Phi) is 3.75. The van der Waals surface area contributed by atoms with Gasteiger partial charge in [0.1, 0.15) is 5.75 Å². The average molecular weight is 345 g/mol. The van der Waals surface area contributed by atoms with Gasteiger partial charge in [0.15, 0.2) is 5.82 Å². The van der Waals surface area contributed by atoms with Crippen LogP contribution < -0.4 is 0 Å². The number of phenols is 1. The van der Waals surface area contributed by atoms with Crippen LogP contribution in [-0.2, 0) is 6.42 Å². The van der Waals surface area contributed by atoms with Crippen molar-refractivity contribution in [3.63, 3.8) is 0 Å². The monoisotopic (exact) mass is 344 g/mol. The summed E-state index contributed by atoms with van der Waals surface area (Å²) < 4.78 is 6.27. The van der Waals surface area contributed by atoms with E-state index < -0.39 is 0 Å². The molecule has 21 heavy (non-hydrogen) atoms. The van der Waals surface area contributed by atoms with Crippen LogP contribution >= 0.6 is 15.9 Å². The average Bonchev–Trinajstić information content (AvgIpc) is 2.92. The summed E-state index contributed by atoms with van der Waals surface area (Å²) in [4.78, 5) is 4.36. The molecule has 0 amide bonds. The lowest BCUT2D eigenvalue weighted by molar-refractivity contribution is 0.418. The van der Waals surface area contributed by atoms with E-state index in [9.17, 15) is 5.11 Å². The van der Waals surface area contributed by atoms with Crippen molar-refractivity contribution in [2.24, 2.45) is 0 Å². The molecule has 4 nitrogen and oxygen atoms in total. The molecule has 0 fully saturated rings. The van der Waals surface area contributed by atoms with Crippen LogP contribution in [-0.4, -0.2) is 15.2 Å². The zero-order valence-corrected chi connectivity index (χ0v) is 13.0. The molecule has 0 radical (unpaired) electrons. The van der Waals surface area contributed by atoms with Crippen LogP contribution in [0.15, 0.2) is 51.5 Å². The molecule has 0 atom stereocenters. The largest absolute Gasteiger partial charge is 0.507 e. The lowest BCUT2D eigenvalue weighted by Crippen LogP contribution is -1.92. The SMILES string of the molecule is Cc1ccc(O)c(-c2nc(Cc3ccccc3Br)no2)c1. The van der Waals surface area contributed by atoms with Crippen LogP contribution in [0.2, 0.25) is 0 Å². The number of halogens is 1. The molecular formula is C16H13BrN2O2. The van der Waals surface area contributed by atoms with E-state index in [1.54, 1.807) is 6.07 Å². The highest BCUT2D eigenvalue weighted by Gasteiger charge is 2.14. The highest BCUT2D eigenvalue weighted by atomic mass is 79.9. The molecular weight excluding hydrogens is 332 g/mol. The van der Waals surface area contributed by atoms with E-state index in [4.69, 9.17) is 4.52 Å². The van der Waals surface area contributed by atoms with Crippen molar-refractivity contribution in [1.29, 1.82) is 0 Å². The van der Waals surface area contributed by atoms with Crippen LogP contribution in [0, 0.1) is 6.92 Å². The van der Waals surface area contributed by atoms with E-state index in [-0.39, 0.29) is 5.75 Å². The van der Waals surface area contributed by atoms with Crippen molar-refractivity contribution < 1.29 is 9.63 Å². The third-order valence-electron chi connectivity index (χ3n) is 3.16. The molecule has 0 spiro atoms. The second kappa shape index (κ2) is 5.69. The lowest BCUT2D eigenvalue weighted by Gasteiger charge is -2.00. The van der Waals surface area contributed by atoms with Crippen molar-refractivity contribution in [1.82, 2.24) is 10.1 Å². The molecule has 0 saturated carbocycles. The Morgan fingerprint density at radius 2 is 2.00 bits per heavy atom. The Morgan fingerprint density at radius 3 is 2.81 bits per heavy atom. The lowest BCUT2D eigenvalue weighted by atomic mass is 10.1. The molecule has 2 aromatic carbocycles. The maximum Gasteiger partial charge on any atom is 0.261 e. The molecule has 3 aromatic rings. The van der Waals surface area contributed by atoms with Gasteiger partial charge in [-0.15, -0.1) is 0 Å². The van der Waals surface area contributed by atoms with Crippen molar-refractivity contribution in [2.75, 3.05) is 0 Å². The van der Waals surface area contributed by atoms with Gasteiger partial charge >= 0.3 is 0 Å². The Morgan fingerprint density at radius 1 is 1.19 bits per heavy atom. The van der Waals surface area contributed by atoms with Crippen LogP contribution in [0.5, 0.6) is 5.75 Å². The third kappa shape index (κ3) is 2.97. The van der Waals surface area contributed by atoms with Gasteiger partial charge in [0, 0.05) is 10.9 Å². The Bertz CT molecular complexity index is 783. The van der Waals surface area contributed by atoms with E-state index >= 15 is 0 Å². The first-order valence-corrected chi connectivity index (χ1v) is 7.29. The summed E-state index contributed by atoms with van der Waals surface area (Å²) >= 11 is 3.50. The predicted molar refractivity (Wildman–Crippen MR) is 83.1 cm³/mol. The second-order valence-corrected chi connectivity index (χ2v) is 5.66. The molecule has 3 rings (SSSR count). The first-order valence-electron chi connectivity index (χ1n) is 6.49. The number of nitrogens with zero attached hydrogens (tertiary/aromatic N) is 2. The van der Waals surface area contributed by atoms with Gasteiger partial charge in [-0.2, -0.15) is 4.98 Å². The number of rotatable bonds is 3. The molecule has 0 aliphatic rings. The normalized spacial score (nSPS) is 10.8. The van der Waals surface area contributed by atoms with E-state index in [1.807, 2.05) is 43.3 Å². The predicted octanol–water partition coefficient (Wildman–Crippen LogP) is 4.10. The van der Waals surface area contributed by atoms with Crippen LogP contribution in [0.3, 0.4) is 0 Å². The van der Waals surface area contributed by atoms with E-state index in [0.29, 0.717) is 23.7 Å². The van der Waals surface area contributed by atoms with Gasteiger partial charge < -0.3 is 9.63 Å². The summed E-state index contributed by atoms with van der Waals surface area (Å²) in [5.41, 5.74) is 2.66. The standard InChI is InChI=1S/C16H13BrN2O2/c1-10-6-7-14(20)12(8-10)16-18-15(19-21-16)9-11-4-2-3-5-13(11)17/h2-8,20H,9H2,1H3. The highest BCUT2D eigenvalue weighted by molar-refractivity contribution is 9.10. The summed E-state index contributed by atoms with van der Waals surface area (Å²) in [5.74, 6) is 1.05. The molecule has 0 unspecified atom stereocenters. The quantitative estimate of drug-likeness (QED) is 0.776. The molecule has 1 heterocycles. The zero-order chi connectivity index (χ0) is 14.8. The fourth-order valence-electron chi connectivity index (χ4n) is 2.07. The van der Waals surface area contributed by atoms with Gasteiger partial charge in [0.25, 0.3) is 5.89 Å². The number of aryl methyl sites for hydroxylation is 1. The topological polar surface area (TPSA) is 59.2 Å². The molecule has 1 N–H and O–H groups in total.